The van der Waals surface area contributed by atoms with Crippen LogP contribution in [0.1, 0.15) is 11.8 Å². The summed E-state index contributed by atoms with van der Waals surface area (Å²) in [6, 6.07) is 16.9. The predicted molar refractivity (Wildman–Crippen MR) is 113 cm³/mol. The lowest BCUT2D eigenvalue weighted by Gasteiger charge is -2.22. The van der Waals surface area contributed by atoms with Crippen LogP contribution in [0.3, 0.4) is 0 Å². The maximum absolute atomic E-state index is 12.3. The third kappa shape index (κ3) is 4.55. The van der Waals surface area contributed by atoms with Gasteiger partial charge in [0.2, 0.25) is 0 Å². The van der Waals surface area contributed by atoms with Gasteiger partial charge in [0.1, 0.15) is 11.3 Å². The molecule has 2 N–H and O–H groups in total. The fourth-order valence-corrected chi connectivity index (χ4v) is 3.45. The first-order valence-electron chi connectivity index (χ1n) is 8.86. The van der Waals surface area contributed by atoms with Gasteiger partial charge in [-0.3, -0.25) is 14.5 Å². The molecule has 1 unspecified atom stereocenters. The number of rotatable bonds is 6. The summed E-state index contributed by atoms with van der Waals surface area (Å²) in [4.78, 5) is 27.4. The van der Waals surface area contributed by atoms with Gasteiger partial charge in [0, 0.05) is 16.8 Å². The summed E-state index contributed by atoms with van der Waals surface area (Å²) in [5.41, 5.74) is 1.42. The van der Waals surface area contributed by atoms with Crippen molar-refractivity contribution in [1.82, 2.24) is 10.2 Å². The van der Waals surface area contributed by atoms with Crippen molar-refractivity contribution in [2.45, 2.75) is 10.9 Å². The number of carbonyl (C=O) groups excluding carboxylic acids is 2. The molecule has 1 heterocycles. The molecular weight excluding hydrogens is 374 g/mol. The van der Waals surface area contributed by atoms with E-state index in [4.69, 9.17) is 4.42 Å². The Morgan fingerprint density at radius 2 is 1.79 bits per heavy atom. The molecule has 0 aliphatic carbocycles. The number of para-hydroxylation sites is 2. The molecule has 1 aromatic heterocycles. The molecule has 2 aromatic carbocycles. The van der Waals surface area contributed by atoms with Crippen LogP contribution in [0.4, 0.5) is 5.69 Å². The zero-order valence-corrected chi connectivity index (χ0v) is 16.9. The fourth-order valence-electron chi connectivity index (χ4n) is 2.90. The van der Waals surface area contributed by atoms with Crippen LogP contribution < -0.4 is 10.6 Å². The Morgan fingerprint density at radius 3 is 2.50 bits per heavy atom. The zero-order valence-electron chi connectivity index (χ0n) is 16.1. The molecule has 0 spiro atoms. The smallest absolute Gasteiger partial charge is 0.313 e. The van der Waals surface area contributed by atoms with Gasteiger partial charge in [-0.1, -0.05) is 30.3 Å². The largest absolute Gasteiger partial charge is 0.459 e. The summed E-state index contributed by atoms with van der Waals surface area (Å²) in [7, 11) is 3.80. The van der Waals surface area contributed by atoms with Gasteiger partial charge in [0.15, 0.2) is 0 Å². The van der Waals surface area contributed by atoms with Crippen LogP contribution in [0, 0.1) is 0 Å². The van der Waals surface area contributed by atoms with Crippen molar-refractivity contribution in [2.24, 2.45) is 0 Å². The third-order valence-electron chi connectivity index (χ3n) is 4.41. The summed E-state index contributed by atoms with van der Waals surface area (Å²) in [6.07, 6.45) is 1.92. The Bertz CT molecular complexity index is 951. The molecule has 146 valence electrons. The Kier molecular flexibility index (Phi) is 6.38. The highest BCUT2D eigenvalue weighted by Crippen LogP contribution is 2.26. The van der Waals surface area contributed by atoms with Gasteiger partial charge in [0.25, 0.3) is 0 Å². The Labute approximate surface area is 168 Å². The first kappa shape index (κ1) is 20.0. The van der Waals surface area contributed by atoms with Gasteiger partial charge in [-0.25, -0.2) is 0 Å². The summed E-state index contributed by atoms with van der Waals surface area (Å²) < 4.78 is 5.91. The van der Waals surface area contributed by atoms with Crippen LogP contribution in [0.25, 0.3) is 11.0 Å². The normalized spacial score (nSPS) is 12.1. The van der Waals surface area contributed by atoms with Crippen molar-refractivity contribution in [3.05, 3.63) is 60.4 Å². The van der Waals surface area contributed by atoms with Crippen molar-refractivity contribution in [2.75, 3.05) is 32.2 Å². The average Bonchev–Trinajstić information content (AvgIpc) is 3.11. The van der Waals surface area contributed by atoms with Crippen LogP contribution in [-0.2, 0) is 9.59 Å². The number of thioether (sulfide) groups is 1. The van der Waals surface area contributed by atoms with Crippen LogP contribution >= 0.6 is 11.8 Å². The van der Waals surface area contributed by atoms with E-state index in [0.29, 0.717) is 5.69 Å². The van der Waals surface area contributed by atoms with E-state index in [-0.39, 0.29) is 12.6 Å². The number of anilines is 1. The summed E-state index contributed by atoms with van der Waals surface area (Å²) in [5, 5.41) is 6.37. The van der Waals surface area contributed by atoms with Gasteiger partial charge in [0.05, 0.1) is 11.7 Å². The number of furan rings is 1. The van der Waals surface area contributed by atoms with Gasteiger partial charge < -0.3 is 15.1 Å². The van der Waals surface area contributed by atoms with Gasteiger partial charge in [-0.2, -0.15) is 0 Å². The van der Waals surface area contributed by atoms with E-state index in [9.17, 15) is 9.59 Å². The van der Waals surface area contributed by atoms with Gasteiger partial charge in [-0.05, 0) is 44.6 Å². The molecule has 3 aromatic rings. The standard InChI is InChI=1S/C21H23N3O3S/c1-24(2)16(18-12-14-8-4-6-10-17(14)27-18)13-22-20(25)21(26)23-15-9-5-7-11-19(15)28-3/h4-12,16H,13H2,1-3H3,(H,22,25)(H,23,26). The lowest BCUT2D eigenvalue weighted by atomic mass is 10.2. The number of amides is 2. The van der Waals surface area contributed by atoms with Crippen LogP contribution in [0.2, 0.25) is 0 Å². The van der Waals surface area contributed by atoms with E-state index in [1.54, 1.807) is 6.07 Å². The van der Waals surface area contributed by atoms with Crippen molar-refractivity contribution >= 4 is 40.2 Å². The Morgan fingerprint density at radius 1 is 1.07 bits per heavy atom. The molecule has 28 heavy (non-hydrogen) atoms. The number of hydrogen-bond acceptors (Lipinski definition) is 5. The van der Waals surface area contributed by atoms with Crippen molar-refractivity contribution in [1.29, 1.82) is 0 Å². The first-order chi connectivity index (χ1) is 13.5. The number of likely N-dealkylation sites (N-methyl/N-ethyl adjacent to an activating group) is 1. The van der Waals surface area contributed by atoms with Crippen molar-refractivity contribution in [3.8, 4) is 0 Å². The average molecular weight is 398 g/mol. The van der Waals surface area contributed by atoms with E-state index in [2.05, 4.69) is 10.6 Å². The SMILES string of the molecule is CSc1ccccc1NC(=O)C(=O)NCC(c1cc2ccccc2o1)N(C)C. The van der Waals surface area contributed by atoms with Crippen LogP contribution in [-0.4, -0.2) is 43.6 Å². The van der Waals surface area contributed by atoms with Crippen molar-refractivity contribution < 1.29 is 14.0 Å². The predicted octanol–water partition coefficient (Wildman–Crippen LogP) is 3.51. The van der Waals surface area contributed by atoms with E-state index < -0.39 is 11.8 Å². The minimum atomic E-state index is -0.691. The Balaban J connectivity index is 1.66. The minimum Gasteiger partial charge on any atom is -0.459 e. The van der Waals surface area contributed by atoms with Gasteiger partial charge in [-0.15, -0.1) is 11.8 Å². The molecule has 0 saturated heterocycles. The lowest BCUT2D eigenvalue weighted by Crippen LogP contribution is -2.40. The molecule has 0 radical (unpaired) electrons. The fraction of sp³-hybridized carbons (Fsp3) is 0.238. The second kappa shape index (κ2) is 8.95. The number of hydrogen-bond donors (Lipinski definition) is 2. The molecule has 0 aliphatic rings. The van der Waals surface area contributed by atoms with E-state index in [1.165, 1.54) is 11.8 Å². The number of fused-ring (bicyclic) bond motifs is 1. The molecular formula is C21H23N3O3S. The molecule has 0 aliphatic heterocycles. The van der Waals surface area contributed by atoms with Crippen LogP contribution in [0.5, 0.6) is 0 Å². The Hall–Kier alpha value is -2.77. The first-order valence-corrected chi connectivity index (χ1v) is 10.1. The highest BCUT2D eigenvalue weighted by Gasteiger charge is 2.22. The minimum absolute atomic E-state index is 0.192. The molecule has 1 atom stereocenters. The second-order valence-electron chi connectivity index (χ2n) is 6.53. The third-order valence-corrected chi connectivity index (χ3v) is 5.21. The molecule has 7 heteroatoms. The van der Waals surface area contributed by atoms with E-state index in [0.717, 1.165) is 21.6 Å². The van der Waals surface area contributed by atoms with Crippen molar-refractivity contribution in [3.63, 3.8) is 0 Å². The highest BCUT2D eigenvalue weighted by atomic mass is 32.2. The molecule has 6 nitrogen and oxygen atoms in total. The monoisotopic (exact) mass is 397 g/mol. The highest BCUT2D eigenvalue weighted by molar-refractivity contribution is 7.98. The number of nitrogens with zero attached hydrogens (tertiary/aromatic N) is 1. The summed E-state index contributed by atoms with van der Waals surface area (Å²) in [6.45, 7) is 0.253. The molecule has 2 amide bonds. The molecule has 0 fully saturated rings. The van der Waals surface area contributed by atoms with E-state index in [1.807, 2.05) is 73.8 Å². The quantitative estimate of drug-likeness (QED) is 0.492. The van der Waals surface area contributed by atoms with E-state index >= 15 is 0 Å². The molecule has 0 saturated carbocycles. The topological polar surface area (TPSA) is 74.6 Å². The van der Waals surface area contributed by atoms with Crippen LogP contribution in [0.15, 0.2) is 63.9 Å². The zero-order chi connectivity index (χ0) is 20.1. The number of nitrogens with one attached hydrogen (secondary N) is 2. The lowest BCUT2D eigenvalue weighted by molar-refractivity contribution is -0.136. The maximum Gasteiger partial charge on any atom is 0.313 e. The summed E-state index contributed by atoms with van der Waals surface area (Å²) in [5.74, 6) is -0.637. The second-order valence-corrected chi connectivity index (χ2v) is 7.38. The maximum atomic E-state index is 12.3. The number of benzene rings is 2. The molecule has 0 bridgehead atoms. The number of carbonyl (C=O) groups is 2. The van der Waals surface area contributed by atoms with Gasteiger partial charge >= 0.3 is 11.8 Å². The summed E-state index contributed by atoms with van der Waals surface area (Å²) >= 11 is 1.51. The molecule has 3 rings (SSSR count).